The van der Waals surface area contributed by atoms with Crippen LogP contribution in [0, 0.1) is 13.8 Å². The van der Waals surface area contributed by atoms with Crippen molar-refractivity contribution in [3.05, 3.63) is 83.3 Å². The molecule has 4 heterocycles. The minimum Gasteiger partial charge on any atom is -0.331 e. The van der Waals surface area contributed by atoms with Gasteiger partial charge in [0.2, 0.25) is 5.69 Å². The van der Waals surface area contributed by atoms with E-state index >= 15 is 0 Å². The van der Waals surface area contributed by atoms with Gasteiger partial charge in [0, 0.05) is 24.3 Å². The quantitative estimate of drug-likeness (QED) is 0.471. The van der Waals surface area contributed by atoms with Crippen molar-refractivity contribution in [3.63, 3.8) is 0 Å². The molecule has 0 radical (unpaired) electrons. The number of benzene rings is 1. The molecule has 0 amide bonds. The van der Waals surface area contributed by atoms with Crippen molar-refractivity contribution in [2.45, 2.75) is 19.7 Å². The van der Waals surface area contributed by atoms with Crippen LogP contribution in [0.3, 0.4) is 0 Å². The summed E-state index contributed by atoms with van der Waals surface area (Å²) in [6.07, 6.45) is 3.89. The molecule has 3 aromatic rings. The lowest BCUT2D eigenvalue weighted by atomic mass is 9.96. The lowest BCUT2D eigenvalue weighted by Gasteiger charge is -2.14. The van der Waals surface area contributed by atoms with E-state index in [1.165, 1.54) is 5.56 Å². The van der Waals surface area contributed by atoms with Crippen molar-refractivity contribution >= 4 is 5.97 Å². The Bertz CT molecular complexity index is 1040. The number of esters is 1. The third-order valence-electron chi connectivity index (χ3n) is 4.90. The first-order valence-electron chi connectivity index (χ1n) is 8.01. The Morgan fingerprint density at radius 1 is 0.917 bits per heavy atom. The zero-order chi connectivity index (χ0) is 16.5. The summed E-state index contributed by atoms with van der Waals surface area (Å²) in [5.74, 6) is -1.28. The van der Waals surface area contributed by atoms with Crippen molar-refractivity contribution in [2.75, 3.05) is 0 Å². The van der Waals surface area contributed by atoms with E-state index in [4.69, 9.17) is 4.74 Å². The van der Waals surface area contributed by atoms with E-state index in [1.807, 2.05) is 47.3 Å². The van der Waals surface area contributed by atoms with Gasteiger partial charge in [0.05, 0.1) is 5.56 Å². The van der Waals surface area contributed by atoms with E-state index in [2.05, 4.69) is 36.6 Å². The summed E-state index contributed by atoms with van der Waals surface area (Å²) in [6.45, 7) is 4.17. The minimum absolute atomic E-state index is 0.300. The second kappa shape index (κ2) is 4.29. The first-order chi connectivity index (χ1) is 11.6. The average molecular weight is 316 g/mol. The number of carbonyl (C=O) groups excluding carboxylic acids is 1. The molecule has 0 saturated heterocycles. The predicted molar refractivity (Wildman–Crippen MR) is 86.1 cm³/mol. The highest BCUT2D eigenvalue weighted by Gasteiger charge is 2.70. The summed E-state index contributed by atoms with van der Waals surface area (Å²) in [5.41, 5.74) is 6.07. The number of hydrogen-bond donors (Lipinski definition) is 0. The second-order valence-electron chi connectivity index (χ2n) is 6.41. The van der Waals surface area contributed by atoms with E-state index in [-0.39, 0.29) is 5.97 Å². The van der Waals surface area contributed by atoms with Gasteiger partial charge in [-0.15, -0.1) is 0 Å². The van der Waals surface area contributed by atoms with Crippen LogP contribution < -0.4 is 9.13 Å². The van der Waals surface area contributed by atoms with Gasteiger partial charge in [0.25, 0.3) is 0 Å². The molecule has 2 aromatic heterocycles. The fraction of sp³-hybridized carbons (Fsp3) is 0.150. The van der Waals surface area contributed by atoms with E-state index < -0.39 is 5.85 Å². The Kier molecular flexibility index (Phi) is 2.40. The molecule has 4 heteroatoms. The Morgan fingerprint density at radius 3 is 2.33 bits per heavy atom. The number of carbonyl (C=O) groups is 1. The van der Waals surface area contributed by atoms with Gasteiger partial charge in [-0.25, -0.2) is 4.79 Å². The Labute approximate surface area is 139 Å². The van der Waals surface area contributed by atoms with Crippen molar-refractivity contribution < 1.29 is 18.7 Å². The van der Waals surface area contributed by atoms with Crippen molar-refractivity contribution in [3.8, 4) is 11.3 Å². The summed E-state index contributed by atoms with van der Waals surface area (Å²) in [5, 5.41) is 0. The van der Waals surface area contributed by atoms with Gasteiger partial charge in [-0.2, -0.15) is 0 Å². The molecule has 0 fully saturated rings. The molecule has 1 aromatic carbocycles. The number of aromatic nitrogens is 2. The second-order valence-corrected chi connectivity index (χ2v) is 6.41. The Morgan fingerprint density at radius 2 is 1.58 bits per heavy atom. The summed E-state index contributed by atoms with van der Waals surface area (Å²) in [4.78, 5) is 12.6. The van der Waals surface area contributed by atoms with Gasteiger partial charge >= 0.3 is 17.5 Å². The highest BCUT2D eigenvalue weighted by Crippen LogP contribution is 2.41. The maximum atomic E-state index is 12.6. The zero-order valence-electron chi connectivity index (χ0n) is 13.5. The number of ether oxygens (including phenoxy) is 1. The van der Waals surface area contributed by atoms with Crippen LogP contribution in [0.5, 0.6) is 0 Å². The first-order valence-corrected chi connectivity index (χ1v) is 8.01. The maximum absolute atomic E-state index is 12.6. The fourth-order valence-electron chi connectivity index (χ4n) is 4.09. The topological polar surface area (TPSA) is 34.1 Å². The number of aryl methyl sites for hydroxylation is 2. The zero-order valence-corrected chi connectivity index (χ0v) is 13.5. The normalized spacial score (nSPS) is 19.8. The standard InChI is InChI=1S/C20H16N2O2/c1-13-11-14(2)18-15(12-13)16-7-3-5-9-21(16)20(18)22-10-6-4-8-17(22)19(23)24-20/h3-12H,1-2H3/q+2/t20-/m0/s1. The predicted octanol–water partition coefficient (Wildman–Crippen LogP) is 2.24. The highest BCUT2D eigenvalue weighted by atomic mass is 16.6. The summed E-state index contributed by atoms with van der Waals surface area (Å²) in [6, 6.07) is 16.0. The Hall–Kier alpha value is -3.01. The molecule has 5 rings (SSSR count). The molecular formula is C20H16N2O2+2. The molecule has 24 heavy (non-hydrogen) atoms. The molecule has 2 aliphatic heterocycles. The fourth-order valence-corrected chi connectivity index (χ4v) is 4.09. The van der Waals surface area contributed by atoms with Crippen LogP contribution in [-0.2, 0) is 10.6 Å². The molecule has 1 atom stereocenters. The number of rotatable bonds is 0. The number of pyridine rings is 2. The average Bonchev–Trinajstić information content (AvgIpc) is 3.03. The molecule has 1 spiro atoms. The molecule has 0 N–H and O–H groups in total. The van der Waals surface area contributed by atoms with Crippen molar-refractivity contribution in [1.29, 1.82) is 0 Å². The number of fused-ring (bicyclic) bond motifs is 7. The van der Waals surface area contributed by atoms with Gasteiger partial charge in [-0.3, -0.25) is 0 Å². The lowest BCUT2D eigenvalue weighted by molar-refractivity contribution is -1.00. The van der Waals surface area contributed by atoms with Crippen LogP contribution in [0.15, 0.2) is 60.9 Å². The summed E-state index contributed by atoms with van der Waals surface area (Å²) in [7, 11) is 0. The maximum Gasteiger partial charge on any atom is 0.558 e. The van der Waals surface area contributed by atoms with E-state index in [0.29, 0.717) is 5.69 Å². The van der Waals surface area contributed by atoms with Gasteiger partial charge < -0.3 is 4.74 Å². The highest BCUT2D eigenvalue weighted by molar-refractivity contribution is 5.87. The molecule has 0 unspecified atom stereocenters. The SMILES string of the molecule is Cc1cc(C)c2c(c1)-c1cccc[n+]1[C@@]21OC(=O)c2cccc[n+]21. The van der Waals surface area contributed by atoms with Crippen LogP contribution in [0.4, 0.5) is 0 Å². The molecule has 0 bridgehead atoms. The van der Waals surface area contributed by atoms with Crippen LogP contribution in [0.1, 0.15) is 27.2 Å². The molecule has 0 aliphatic carbocycles. The largest absolute Gasteiger partial charge is 0.558 e. The lowest BCUT2D eigenvalue weighted by Crippen LogP contribution is -2.71. The van der Waals surface area contributed by atoms with Crippen LogP contribution in [-0.4, -0.2) is 5.97 Å². The van der Waals surface area contributed by atoms with E-state index in [1.54, 1.807) is 0 Å². The van der Waals surface area contributed by atoms with Crippen molar-refractivity contribution in [2.24, 2.45) is 0 Å². The van der Waals surface area contributed by atoms with Crippen molar-refractivity contribution in [1.82, 2.24) is 0 Å². The minimum atomic E-state index is -0.975. The van der Waals surface area contributed by atoms with Crippen LogP contribution in [0.25, 0.3) is 11.3 Å². The summed E-state index contributed by atoms with van der Waals surface area (Å²) >= 11 is 0. The number of hydrogen-bond acceptors (Lipinski definition) is 2. The third kappa shape index (κ3) is 1.41. The van der Waals surface area contributed by atoms with E-state index in [0.717, 1.165) is 22.4 Å². The van der Waals surface area contributed by atoms with Gasteiger partial charge in [0.1, 0.15) is 0 Å². The number of nitrogens with zero attached hydrogens (tertiary/aromatic N) is 2. The van der Waals surface area contributed by atoms with E-state index in [9.17, 15) is 4.79 Å². The van der Waals surface area contributed by atoms with Crippen LogP contribution >= 0.6 is 0 Å². The van der Waals surface area contributed by atoms with Gasteiger partial charge in [0.15, 0.2) is 18.0 Å². The summed E-state index contributed by atoms with van der Waals surface area (Å²) < 4.78 is 10.0. The smallest absolute Gasteiger partial charge is 0.331 e. The molecule has 4 nitrogen and oxygen atoms in total. The molecule has 2 aliphatic rings. The monoisotopic (exact) mass is 316 g/mol. The molecule has 116 valence electrons. The van der Waals surface area contributed by atoms with Gasteiger partial charge in [-0.1, -0.05) is 15.2 Å². The van der Waals surface area contributed by atoms with Crippen LogP contribution in [0.2, 0.25) is 0 Å². The third-order valence-corrected chi connectivity index (χ3v) is 4.90. The first kappa shape index (κ1) is 13.4. The molecular weight excluding hydrogens is 300 g/mol. The van der Waals surface area contributed by atoms with Gasteiger partial charge in [-0.05, 0) is 43.2 Å². The Balaban J connectivity index is 1.98. The molecule has 0 saturated carbocycles.